The molecule has 0 radical (unpaired) electrons. The van der Waals surface area contributed by atoms with Crippen molar-refractivity contribution in [3.8, 4) is 0 Å². The second-order valence-corrected chi connectivity index (χ2v) is 7.30. The number of benzene rings is 1. The van der Waals surface area contributed by atoms with Crippen LogP contribution in [0.4, 0.5) is 5.69 Å². The van der Waals surface area contributed by atoms with Crippen LogP contribution in [0.15, 0.2) is 34.3 Å². The number of hydrogen-bond acceptors (Lipinski definition) is 5. The lowest BCUT2D eigenvalue weighted by molar-refractivity contribution is -0.124. The molecule has 1 aromatic carbocycles. The summed E-state index contributed by atoms with van der Waals surface area (Å²) in [6, 6.07) is 7.39. The fourth-order valence-corrected chi connectivity index (χ4v) is 3.67. The number of carbonyl (C=O) groups is 2. The van der Waals surface area contributed by atoms with Crippen molar-refractivity contribution in [1.29, 1.82) is 0 Å². The lowest BCUT2D eigenvalue weighted by Gasteiger charge is -2.25. The Labute approximate surface area is 151 Å². The molecule has 7 heteroatoms. The van der Waals surface area contributed by atoms with E-state index in [0.29, 0.717) is 17.4 Å². The molecule has 1 atom stereocenters. The van der Waals surface area contributed by atoms with Gasteiger partial charge >= 0.3 is 0 Å². The molecular formula is C18H22N4O2S. The zero-order chi connectivity index (χ0) is 18.0. The smallest absolute Gasteiger partial charge is 0.259 e. The van der Waals surface area contributed by atoms with Gasteiger partial charge in [-0.1, -0.05) is 37.2 Å². The highest BCUT2D eigenvalue weighted by Gasteiger charge is 2.40. The Morgan fingerprint density at radius 2 is 2.12 bits per heavy atom. The summed E-state index contributed by atoms with van der Waals surface area (Å²) in [5.41, 5.74) is 1.65. The van der Waals surface area contributed by atoms with Crippen molar-refractivity contribution < 1.29 is 9.59 Å². The predicted octanol–water partition coefficient (Wildman–Crippen LogP) is 2.70. The maximum absolute atomic E-state index is 12.8. The van der Waals surface area contributed by atoms with E-state index in [9.17, 15) is 9.59 Å². The second-order valence-electron chi connectivity index (χ2n) is 6.35. The zero-order valence-electron chi connectivity index (χ0n) is 14.7. The van der Waals surface area contributed by atoms with Crippen LogP contribution in [0, 0.1) is 0 Å². The highest BCUT2D eigenvalue weighted by atomic mass is 32.2. The van der Waals surface area contributed by atoms with Crippen molar-refractivity contribution in [2.75, 3.05) is 5.75 Å². The molecule has 132 valence electrons. The molecule has 25 heavy (non-hydrogen) atoms. The van der Waals surface area contributed by atoms with Gasteiger partial charge in [0.1, 0.15) is 11.9 Å². The van der Waals surface area contributed by atoms with Crippen LogP contribution >= 0.6 is 11.8 Å². The van der Waals surface area contributed by atoms with E-state index in [1.54, 1.807) is 4.90 Å². The van der Waals surface area contributed by atoms with Gasteiger partial charge < -0.3 is 5.32 Å². The lowest BCUT2D eigenvalue weighted by atomic mass is 10.1. The molecular weight excluding hydrogens is 336 g/mol. The number of thioether (sulfide) groups is 1. The number of amides is 2. The first kappa shape index (κ1) is 17.7. The summed E-state index contributed by atoms with van der Waals surface area (Å²) in [6.45, 7) is 5.88. The Balaban J connectivity index is 1.88. The highest BCUT2D eigenvalue weighted by molar-refractivity contribution is 8.14. The molecule has 0 aromatic heterocycles. The number of fused-ring (bicyclic) bond motifs is 3. The molecule has 0 fully saturated rings. The van der Waals surface area contributed by atoms with Crippen LogP contribution in [0.25, 0.3) is 0 Å². The van der Waals surface area contributed by atoms with Crippen LogP contribution in [0.1, 0.15) is 39.2 Å². The van der Waals surface area contributed by atoms with E-state index < -0.39 is 0 Å². The molecule has 2 aliphatic heterocycles. The molecule has 2 aliphatic rings. The number of rotatable bonds is 5. The van der Waals surface area contributed by atoms with Crippen molar-refractivity contribution in [1.82, 2.24) is 10.2 Å². The van der Waals surface area contributed by atoms with Crippen LogP contribution in [-0.4, -0.2) is 45.6 Å². The molecule has 0 saturated carbocycles. The third-order valence-corrected chi connectivity index (χ3v) is 4.83. The first-order chi connectivity index (χ1) is 12.0. The largest absolute Gasteiger partial charge is 0.353 e. The zero-order valence-corrected chi connectivity index (χ0v) is 15.5. The molecule has 1 aromatic rings. The van der Waals surface area contributed by atoms with Crippen LogP contribution in [0.2, 0.25) is 0 Å². The maximum atomic E-state index is 12.8. The predicted molar refractivity (Wildman–Crippen MR) is 101 cm³/mol. The molecule has 2 heterocycles. The molecule has 0 unspecified atom stereocenters. The molecule has 0 saturated heterocycles. The van der Waals surface area contributed by atoms with E-state index in [1.807, 2.05) is 45.0 Å². The van der Waals surface area contributed by atoms with E-state index >= 15 is 0 Å². The molecule has 0 spiro atoms. The minimum atomic E-state index is -0.360. The van der Waals surface area contributed by atoms with Crippen LogP contribution < -0.4 is 5.32 Å². The molecule has 0 bridgehead atoms. The van der Waals surface area contributed by atoms with E-state index in [4.69, 9.17) is 0 Å². The van der Waals surface area contributed by atoms with E-state index in [-0.39, 0.29) is 29.7 Å². The molecule has 2 amide bonds. The normalized spacial score (nSPS) is 18.6. The van der Waals surface area contributed by atoms with Gasteiger partial charge in [0, 0.05) is 11.6 Å². The number of para-hydroxylation sites is 1. The first-order valence-electron chi connectivity index (χ1n) is 8.53. The molecule has 1 N–H and O–H groups in total. The Morgan fingerprint density at radius 3 is 2.84 bits per heavy atom. The summed E-state index contributed by atoms with van der Waals surface area (Å²) < 4.78 is 0. The summed E-state index contributed by atoms with van der Waals surface area (Å²) in [5, 5.41) is 3.38. The van der Waals surface area contributed by atoms with Gasteiger partial charge in [-0.25, -0.2) is 9.89 Å². The quantitative estimate of drug-likeness (QED) is 0.879. The molecule has 6 nitrogen and oxygen atoms in total. The summed E-state index contributed by atoms with van der Waals surface area (Å²) >= 11 is 1.27. The Hall–Kier alpha value is -2.15. The van der Waals surface area contributed by atoms with Crippen LogP contribution in [0.3, 0.4) is 0 Å². The molecule has 0 aliphatic carbocycles. The van der Waals surface area contributed by atoms with Crippen molar-refractivity contribution >= 4 is 40.3 Å². The SMILES string of the molecule is CCC[C@@H]1N=C2c3ccccc3N=C(SCC(=O)NC(C)C)N2C1=O. The average molecular weight is 358 g/mol. The fraction of sp³-hybridized carbons (Fsp3) is 0.444. The van der Waals surface area contributed by atoms with Gasteiger partial charge in [0.05, 0.1) is 11.4 Å². The summed E-state index contributed by atoms with van der Waals surface area (Å²) in [6.07, 6.45) is 1.60. The Bertz CT molecular complexity index is 757. The molecule has 3 rings (SSSR count). The van der Waals surface area contributed by atoms with Crippen molar-refractivity contribution in [2.45, 2.75) is 45.7 Å². The monoisotopic (exact) mass is 358 g/mol. The van der Waals surface area contributed by atoms with Gasteiger partial charge in [0.2, 0.25) is 5.91 Å². The van der Waals surface area contributed by atoms with Gasteiger partial charge in [-0.05, 0) is 32.4 Å². The maximum Gasteiger partial charge on any atom is 0.259 e. The number of nitrogens with zero attached hydrogens (tertiary/aromatic N) is 3. The van der Waals surface area contributed by atoms with Gasteiger partial charge in [-0.2, -0.15) is 0 Å². The number of aliphatic imine (C=N–C) groups is 2. The van der Waals surface area contributed by atoms with Gasteiger partial charge in [-0.3, -0.25) is 14.6 Å². The Kier molecular flexibility index (Phi) is 5.22. The minimum absolute atomic E-state index is 0.0538. The summed E-state index contributed by atoms with van der Waals surface area (Å²) in [4.78, 5) is 35.6. The van der Waals surface area contributed by atoms with Crippen LogP contribution in [0.5, 0.6) is 0 Å². The number of hydrogen-bond donors (Lipinski definition) is 1. The lowest BCUT2D eigenvalue weighted by Crippen LogP contribution is -2.42. The Morgan fingerprint density at radius 1 is 1.36 bits per heavy atom. The summed E-state index contributed by atoms with van der Waals surface area (Å²) in [5.74, 6) is 0.744. The summed E-state index contributed by atoms with van der Waals surface area (Å²) in [7, 11) is 0. The number of amidine groups is 2. The highest BCUT2D eigenvalue weighted by Crippen LogP contribution is 2.34. The fourth-order valence-electron chi connectivity index (χ4n) is 2.85. The van der Waals surface area contributed by atoms with E-state index in [2.05, 4.69) is 15.3 Å². The van der Waals surface area contributed by atoms with Gasteiger partial charge in [0.25, 0.3) is 5.91 Å². The van der Waals surface area contributed by atoms with Gasteiger partial charge in [-0.15, -0.1) is 0 Å². The minimum Gasteiger partial charge on any atom is -0.353 e. The second kappa shape index (κ2) is 7.39. The first-order valence-corrected chi connectivity index (χ1v) is 9.51. The standard InChI is InChI=1S/C18H22N4O2S/c1-4-7-14-17(24)22-16(20-14)12-8-5-6-9-13(12)21-18(22)25-10-15(23)19-11(2)3/h5-6,8-9,11,14H,4,7,10H2,1-3H3,(H,19,23)/t14-/m0/s1. The van der Waals surface area contributed by atoms with Gasteiger partial charge in [0.15, 0.2) is 5.17 Å². The number of nitrogens with one attached hydrogen (secondary N) is 1. The van der Waals surface area contributed by atoms with Crippen LogP contribution in [-0.2, 0) is 9.59 Å². The third kappa shape index (κ3) is 3.61. The van der Waals surface area contributed by atoms with Crippen molar-refractivity contribution in [3.63, 3.8) is 0 Å². The van der Waals surface area contributed by atoms with E-state index in [0.717, 1.165) is 17.7 Å². The third-order valence-electron chi connectivity index (χ3n) is 3.89. The van der Waals surface area contributed by atoms with Crippen molar-refractivity contribution in [3.05, 3.63) is 29.8 Å². The average Bonchev–Trinajstić information content (AvgIpc) is 2.90. The van der Waals surface area contributed by atoms with Crippen molar-refractivity contribution in [2.24, 2.45) is 9.98 Å². The van der Waals surface area contributed by atoms with E-state index in [1.165, 1.54) is 11.8 Å². The number of carbonyl (C=O) groups excluding carboxylic acids is 2. The topological polar surface area (TPSA) is 74.1 Å².